The van der Waals surface area contributed by atoms with Gasteiger partial charge in [-0.3, -0.25) is 0 Å². The Morgan fingerprint density at radius 2 is 1.83 bits per heavy atom. The van der Waals surface area contributed by atoms with E-state index in [0.717, 1.165) is 18.8 Å². The first-order valence-electron chi connectivity index (χ1n) is 7.23. The van der Waals surface area contributed by atoms with Crippen LogP contribution in [0.5, 0.6) is 5.75 Å². The summed E-state index contributed by atoms with van der Waals surface area (Å²) in [5, 5.41) is 3.36. The molecule has 1 atom stereocenters. The Labute approximate surface area is 112 Å². The van der Waals surface area contributed by atoms with Crippen LogP contribution in [0.25, 0.3) is 0 Å². The topological polar surface area (TPSA) is 21.3 Å². The van der Waals surface area contributed by atoms with Gasteiger partial charge < -0.3 is 10.1 Å². The van der Waals surface area contributed by atoms with Crippen LogP contribution in [-0.4, -0.2) is 19.2 Å². The van der Waals surface area contributed by atoms with Gasteiger partial charge in [0.1, 0.15) is 11.9 Å². The van der Waals surface area contributed by atoms with Crippen molar-refractivity contribution < 1.29 is 4.74 Å². The van der Waals surface area contributed by atoms with Crippen molar-refractivity contribution in [2.24, 2.45) is 0 Å². The van der Waals surface area contributed by atoms with Gasteiger partial charge in [-0.25, -0.2) is 0 Å². The molecule has 0 aliphatic carbocycles. The smallest absolute Gasteiger partial charge is 0.119 e. The molecule has 0 saturated carbocycles. The van der Waals surface area contributed by atoms with Gasteiger partial charge >= 0.3 is 0 Å². The molecule has 0 bridgehead atoms. The number of hydrogen-bond acceptors (Lipinski definition) is 2. The van der Waals surface area contributed by atoms with E-state index in [1.54, 1.807) is 0 Å². The number of piperidine rings is 1. The summed E-state index contributed by atoms with van der Waals surface area (Å²) in [7, 11) is 0. The van der Waals surface area contributed by atoms with Crippen molar-refractivity contribution >= 4 is 0 Å². The third-order valence-corrected chi connectivity index (χ3v) is 3.10. The summed E-state index contributed by atoms with van der Waals surface area (Å²) in [6.45, 7) is 10.5. The molecular formula is C16H27NO. The van der Waals surface area contributed by atoms with Crippen LogP contribution in [0.2, 0.25) is 0 Å². The van der Waals surface area contributed by atoms with Crippen LogP contribution in [-0.2, 0) is 0 Å². The SMILES string of the molecule is CC.CC(C)c1ccc(OC2CCCNC2)cc1. The van der Waals surface area contributed by atoms with Gasteiger partial charge in [0.15, 0.2) is 0 Å². The molecular weight excluding hydrogens is 222 g/mol. The fraction of sp³-hybridized carbons (Fsp3) is 0.625. The summed E-state index contributed by atoms with van der Waals surface area (Å²) in [5.41, 5.74) is 1.37. The van der Waals surface area contributed by atoms with E-state index in [9.17, 15) is 0 Å². The maximum atomic E-state index is 5.93. The average molecular weight is 249 g/mol. The molecule has 1 saturated heterocycles. The van der Waals surface area contributed by atoms with Crippen molar-refractivity contribution in [1.82, 2.24) is 5.32 Å². The third kappa shape index (κ3) is 4.69. The van der Waals surface area contributed by atoms with E-state index in [1.165, 1.54) is 18.4 Å². The van der Waals surface area contributed by atoms with Crippen molar-refractivity contribution in [2.45, 2.75) is 52.6 Å². The van der Waals surface area contributed by atoms with Crippen LogP contribution in [0.3, 0.4) is 0 Å². The van der Waals surface area contributed by atoms with E-state index >= 15 is 0 Å². The number of ether oxygens (including phenoxy) is 1. The van der Waals surface area contributed by atoms with Crippen molar-refractivity contribution in [1.29, 1.82) is 0 Å². The monoisotopic (exact) mass is 249 g/mol. The van der Waals surface area contributed by atoms with Gasteiger partial charge in [-0.15, -0.1) is 0 Å². The van der Waals surface area contributed by atoms with E-state index in [1.807, 2.05) is 13.8 Å². The molecule has 1 aliphatic heterocycles. The fourth-order valence-electron chi connectivity index (χ4n) is 2.04. The Bertz CT molecular complexity index is 312. The molecule has 0 amide bonds. The number of rotatable bonds is 3. The lowest BCUT2D eigenvalue weighted by atomic mass is 10.0. The lowest BCUT2D eigenvalue weighted by Gasteiger charge is -2.24. The highest BCUT2D eigenvalue weighted by atomic mass is 16.5. The average Bonchev–Trinajstić information content (AvgIpc) is 2.43. The molecule has 2 nitrogen and oxygen atoms in total. The van der Waals surface area contributed by atoms with Gasteiger partial charge in [-0.05, 0) is 43.0 Å². The number of nitrogens with one attached hydrogen (secondary N) is 1. The first kappa shape index (κ1) is 15.0. The Kier molecular flexibility index (Phi) is 6.81. The molecule has 18 heavy (non-hydrogen) atoms. The van der Waals surface area contributed by atoms with Crippen molar-refractivity contribution in [3.63, 3.8) is 0 Å². The zero-order valence-electron chi connectivity index (χ0n) is 12.2. The Balaban J connectivity index is 0.000000771. The minimum absolute atomic E-state index is 0.346. The van der Waals surface area contributed by atoms with Crippen LogP contribution in [0.4, 0.5) is 0 Å². The summed E-state index contributed by atoms with van der Waals surface area (Å²) >= 11 is 0. The van der Waals surface area contributed by atoms with Gasteiger partial charge in [0.05, 0.1) is 0 Å². The summed E-state index contributed by atoms with van der Waals surface area (Å²) in [4.78, 5) is 0. The Morgan fingerprint density at radius 1 is 1.17 bits per heavy atom. The van der Waals surface area contributed by atoms with Crippen LogP contribution >= 0.6 is 0 Å². The van der Waals surface area contributed by atoms with Gasteiger partial charge in [0.2, 0.25) is 0 Å². The predicted molar refractivity (Wildman–Crippen MR) is 78.4 cm³/mol. The van der Waals surface area contributed by atoms with E-state index in [-0.39, 0.29) is 0 Å². The van der Waals surface area contributed by atoms with E-state index in [4.69, 9.17) is 4.74 Å². The first-order chi connectivity index (χ1) is 8.75. The van der Waals surface area contributed by atoms with Crippen LogP contribution in [0.1, 0.15) is 52.0 Å². The highest BCUT2D eigenvalue weighted by Gasteiger charge is 2.14. The van der Waals surface area contributed by atoms with E-state index < -0.39 is 0 Å². The van der Waals surface area contributed by atoms with E-state index in [0.29, 0.717) is 12.0 Å². The molecule has 102 valence electrons. The first-order valence-corrected chi connectivity index (χ1v) is 7.23. The normalized spacial score (nSPS) is 19.1. The van der Waals surface area contributed by atoms with Crippen molar-refractivity contribution in [2.75, 3.05) is 13.1 Å². The quantitative estimate of drug-likeness (QED) is 0.875. The largest absolute Gasteiger partial charge is 0.489 e. The minimum Gasteiger partial charge on any atom is -0.489 e. The molecule has 1 aliphatic rings. The third-order valence-electron chi connectivity index (χ3n) is 3.10. The fourth-order valence-corrected chi connectivity index (χ4v) is 2.04. The van der Waals surface area contributed by atoms with Crippen molar-refractivity contribution in [3.05, 3.63) is 29.8 Å². The number of hydrogen-bond donors (Lipinski definition) is 1. The Hall–Kier alpha value is -1.02. The lowest BCUT2D eigenvalue weighted by Crippen LogP contribution is -2.37. The molecule has 2 rings (SSSR count). The van der Waals surface area contributed by atoms with Gasteiger partial charge in [0, 0.05) is 6.54 Å². The molecule has 1 aromatic carbocycles. The number of benzene rings is 1. The van der Waals surface area contributed by atoms with Crippen LogP contribution in [0.15, 0.2) is 24.3 Å². The van der Waals surface area contributed by atoms with Gasteiger partial charge in [-0.2, -0.15) is 0 Å². The second-order valence-electron chi connectivity index (χ2n) is 4.81. The molecule has 0 radical (unpaired) electrons. The summed E-state index contributed by atoms with van der Waals surface area (Å²) < 4.78 is 5.93. The zero-order valence-corrected chi connectivity index (χ0v) is 12.2. The highest BCUT2D eigenvalue weighted by molar-refractivity contribution is 5.29. The molecule has 0 aromatic heterocycles. The maximum Gasteiger partial charge on any atom is 0.119 e. The van der Waals surface area contributed by atoms with Gasteiger partial charge in [-0.1, -0.05) is 39.8 Å². The maximum absolute atomic E-state index is 5.93. The predicted octanol–water partition coefficient (Wildman–Crippen LogP) is 3.97. The van der Waals surface area contributed by atoms with Crippen LogP contribution in [0, 0.1) is 0 Å². The molecule has 2 heteroatoms. The van der Waals surface area contributed by atoms with Gasteiger partial charge in [0.25, 0.3) is 0 Å². The molecule has 0 spiro atoms. The van der Waals surface area contributed by atoms with E-state index in [2.05, 4.69) is 43.4 Å². The highest BCUT2D eigenvalue weighted by Crippen LogP contribution is 2.20. The Morgan fingerprint density at radius 3 is 2.33 bits per heavy atom. The summed E-state index contributed by atoms with van der Waals surface area (Å²) in [6, 6.07) is 8.50. The standard InChI is InChI=1S/C14H21NO.C2H6/c1-11(2)12-5-7-13(8-6-12)16-14-4-3-9-15-10-14;1-2/h5-8,11,14-15H,3-4,9-10H2,1-2H3;1-2H3. The molecule has 1 heterocycles. The molecule has 1 fully saturated rings. The second-order valence-corrected chi connectivity index (χ2v) is 4.81. The minimum atomic E-state index is 0.346. The van der Waals surface area contributed by atoms with Crippen molar-refractivity contribution in [3.8, 4) is 5.75 Å². The molecule has 1 unspecified atom stereocenters. The summed E-state index contributed by atoms with van der Waals surface area (Å²) in [5.74, 6) is 1.59. The zero-order chi connectivity index (χ0) is 13.4. The second kappa shape index (κ2) is 8.15. The lowest BCUT2D eigenvalue weighted by molar-refractivity contribution is 0.167. The molecule has 1 aromatic rings. The molecule has 1 N–H and O–H groups in total. The van der Waals surface area contributed by atoms with Crippen LogP contribution < -0.4 is 10.1 Å². The summed E-state index contributed by atoms with van der Waals surface area (Å²) in [6.07, 6.45) is 2.73.